The van der Waals surface area contributed by atoms with Crippen LogP contribution < -0.4 is 5.32 Å². The number of carbonyl (C=O) groups excluding carboxylic acids is 1. The zero-order valence-electron chi connectivity index (χ0n) is 14.6. The average molecular weight is 354 g/mol. The Morgan fingerprint density at radius 3 is 2.65 bits per heavy atom. The van der Waals surface area contributed by atoms with Gasteiger partial charge in [-0.15, -0.1) is 0 Å². The molecule has 0 aliphatic carbocycles. The summed E-state index contributed by atoms with van der Waals surface area (Å²) in [5.41, 5.74) is 2.04. The maximum atomic E-state index is 12.4. The van der Waals surface area contributed by atoms with E-state index in [2.05, 4.69) is 15.5 Å². The SMILES string of the molecule is Cc1ccccc1Cn1ccc(NC(=O)c2nn(C)c(C)c2[N+](=O)[O-])n1. The van der Waals surface area contributed by atoms with E-state index >= 15 is 0 Å². The van der Waals surface area contributed by atoms with Gasteiger partial charge in [0.05, 0.1) is 11.5 Å². The van der Waals surface area contributed by atoms with Crippen molar-refractivity contribution in [2.75, 3.05) is 5.32 Å². The van der Waals surface area contributed by atoms with Gasteiger partial charge in [-0.1, -0.05) is 24.3 Å². The second kappa shape index (κ2) is 6.79. The Bertz CT molecular complexity index is 988. The molecule has 1 N–H and O–H groups in total. The highest BCUT2D eigenvalue weighted by Crippen LogP contribution is 2.23. The summed E-state index contributed by atoms with van der Waals surface area (Å²) in [6.45, 7) is 4.12. The molecule has 0 saturated heterocycles. The van der Waals surface area contributed by atoms with Crippen LogP contribution in [0.25, 0.3) is 0 Å². The van der Waals surface area contributed by atoms with E-state index < -0.39 is 10.8 Å². The van der Waals surface area contributed by atoms with Crippen molar-refractivity contribution in [1.29, 1.82) is 0 Å². The summed E-state index contributed by atoms with van der Waals surface area (Å²) >= 11 is 0. The van der Waals surface area contributed by atoms with E-state index in [4.69, 9.17) is 0 Å². The first kappa shape index (κ1) is 17.3. The van der Waals surface area contributed by atoms with E-state index in [9.17, 15) is 14.9 Å². The maximum absolute atomic E-state index is 12.4. The number of anilines is 1. The van der Waals surface area contributed by atoms with Crippen molar-refractivity contribution in [3.05, 3.63) is 69.2 Å². The van der Waals surface area contributed by atoms with Crippen LogP contribution in [0, 0.1) is 24.0 Å². The normalized spacial score (nSPS) is 10.7. The van der Waals surface area contributed by atoms with Gasteiger partial charge in [0.25, 0.3) is 5.91 Å². The van der Waals surface area contributed by atoms with E-state index in [1.54, 1.807) is 30.9 Å². The largest absolute Gasteiger partial charge is 0.322 e. The van der Waals surface area contributed by atoms with Crippen LogP contribution in [0.5, 0.6) is 0 Å². The van der Waals surface area contributed by atoms with Crippen LogP contribution >= 0.6 is 0 Å². The maximum Gasteiger partial charge on any atom is 0.322 e. The second-order valence-corrected chi connectivity index (χ2v) is 5.94. The first-order valence-corrected chi connectivity index (χ1v) is 7.94. The number of aromatic nitrogens is 4. The van der Waals surface area contributed by atoms with Gasteiger partial charge in [0.1, 0.15) is 5.69 Å². The van der Waals surface area contributed by atoms with Crippen molar-refractivity contribution in [3.63, 3.8) is 0 Å². The molecule has 1 aromatic carbocycles. The molecular formula is C17H18N6O3. The Morgan fingerprint density at radius 1 is 1.23 bits per heavy atom. The molecule has 2 heterocycles. The van der Waals surface area contributed by atoms with Crippen LogP contribution in [0.3, 0.4) is 0 Å². The van der Waals surface area contributed by atoms with Crippen LogP contribution in [0.15, 0.2) is 36.5 Å². The lowest BCUT2D eigenvalue weighted by atomic mass is 10.1. The Balaban J connectivity index is 1.78. The Hall–Kier alpha value is -3.49. The number of rotatable bonds is 5. The number of benzene rings is 1. The molecule has 0 fully saturated rings. The van der Waals surface area contributed by atoms with Crippen molar-refractivity contribution < 1.29 is 9.72 Å². The molecule has 0 bridgehead atoms. The summed E-state index contributed by atoms with van der Waals surface area (Å²) in [4.78, 5) is 23.0. The fourth-order valence-electron chi connectivity index (χ4n) is 2.62. The minimum Gasteiger partial charge on any atom is -0.303 e. The van der Waals surface area contributed by atoms with Crippen LogP contribution in [-0.2, 0) is 13.6 Å². The Labute approximate surface area is 149 Å². The van der Waals surface area contributed by atoms with Crippen molar-refractivity contribution >= 4 is 17.4 Å². The molecule has 1 amide bonds. The number of nitrogens with zero attached hydrogens (tertiary/aromatic N) is 5. The van der Waals surface area contributed by atoms with E-state index in [0.717, 1.165) is 11.1 Å². The van der Waals surface area contributed by atoms with Gasteiger partial charge in [-0.2, -0.15) is 10.2 Å². The number of amides is 1. The minimum absolute atomic E-state index is 0.233. The molecule has 26 heavy (non-hydrogen) atoms. The zero-order valence-corrected chi connectivity index (χ0v) is 14.6. The quantitative estimate of drug-likeness (QED) is 0.559. The minimum atomic E-state index is -0.665. The molecule has 134 valence electrons. The van der Waals surface area contributed by atoms with Gasteiger partial charge in [-0.3, -0.25) is 24.3 Å². The Morgan fingerprint density at radius 2 is 1.96 bits per heavy atom. The van der Waals surface area contributed by atoms with E-state index in [1.165, 1.54) is 4.68 Å². The van der Waals surface area contributed by atoms with Gasteiger partial charge in [-0.25, -0.2) is 0 Å². The highest BCUT2D eigenvalue weighted by Gasteiger charge is 2.29. The third-order valence-corrected chi connectivity index (χ3v) is 4.18. The predicted molar refractivity (Wildman–Crippen MR) is 95.1 cm³/mol. The smallest absolute Gasteiger partial charge is 0.303 e. The van der Waals surface area contributed by atoms with Crippen LogP contribution in [-0.4, -0.2) is 30.4 Å². The molecule has 3 rings (SSSR count). The summed E-state index contributed by atoms with van der Waals surface area (Å²) < 4.78 is 3.00. The lowest BCUT2D eigenvalue weighted by Gasteiger charge is -2.05. The number of aryl methyl sites for hydroxylation is 2. The van der Waals surface area contributed by atoms with Crippen molar-refractivity contribution in [1.82, 2.24) is 19.6 Å². The summed E-state index contributed by atoms with van der Waals surface area (Å²) in [6.07, 6.45) is 1.74. The number of nitro groups is 1. The average Bonchev–Trinajstić information content (AvgIpc) is 3.14. The van der Waals surface area contributed by atoms with Crippen LogP contribution in [0.1, 0.15) is 27.3 Å². The van der Waals surface area contributed by atoms with Gasteiger partial charge in [-0.05, 0) is 25.0 Å². The summed E-state index contributed by atoms with van der Waals surface area (Å²) in [6, 6.07) is 9.59. The fourth-order valence-corrected chi connectivity index (χ4v) is 2.62. The number of carbonyl (C=O) groups is 1. The lowest BCUT2D eigenvalue weighted by molar-refractivity contribution is -0.385. The number of nitrogens with one attached hydrogen (secondary N) is 1. The van der Waals surface area contributed by atoms with E-state index in [0.29, 0.717) is 18.1 Å². The fraction of sp³-hybridized carbons (Fsp3) is 0.235. The first-order chi connectivity index (χ1) is 12.4. The van der Waals surface area contributed by atoms with Crippen LogP contribution in [0.4, 0.5) is 11.5 Å². The summed E-state index contributed by atoms with van der Waals surface area (Å²) in [7, 11) is 1.55. The monoisotopic (exact) mass is 354 g/mol. The van der Waals surface area contributed by atoms with Crippen molar-refractivity contribution in [2.45, 2.75) is 20.4 Å². The van der Waals surface area contributed by atoms with Gasteiger partial charge >= 0.3 is 5.69 Å². The number of hydrogen-bond acceptors (Lipinski definition) is 5. The molecule has 0 unspecified atom stereocenters. The summed E-state index contributed by atoms with van der Waals surface area (Å²) in [5.74, 6) is -0.359. The molecule has 0 atom stereocenters. The molecule has 0 saturated carbocycles. The van der Waals surface area contributed by atoms with Crippen molar-refractivity contribution in [3.8, 4) is 0 Å². The van der Waals surface area contributed by atoms with Gasteiger partial charge < -0.3 is 5.32 Å². The number of hydrogen-bond donors (Lipinski definition) is 1. The third kappa shape index (κ3) is 3.32. The Kier molecular flexibility index (Phi) is 4.53. The van der Waals surface area contributed by atoms with Gasteiger partial charge in [0.2, 0.25) is 5.69 Å². The molecule has 3 aromatic rings. The van der Waals surface area contributed by atoms with Gasteiger partial charge in [0, 0.05) is 19.3 Å². The highest BCUT2D eigenvalue weighted by molar-refractivity contribution is 6.05. The van der Waals surface area contributed by atoms with E-state index in [-0.39, 0.29) is 11.4 Å². The zero-order chi connectivity index (χ0) is 18.8. The molecule has 0 aliphatic rings. The molecule has 0 aliphatic heterocycles. The molecule has 0 radical (unpaired) electrons. The molecular weight excluding hydrogens is 336 g/mol. The third-order valence-electron chi connectivity index (χ3n) is 4.18. The highest BCUT2D eigenvalue weighted by atomic mass is 16.6. The first-order valence-electron chi connectivity index (χ1n) is 7.94. The lowest BCUT2D eigenvalue weighted by Crippen LogP contribution is -2.15. The van der Waals surface area contributed by atoms with Gasteiger partial charge in [0.15, 0.2) is 5.82 Å². The van der Waals surface area contributed by atoms with Crippen molar-refractivity contribution in [2.24, 2.45) is 7.05 Å². The van der Waals surface area contributed by atoms with Crippen LogP contribution in [0.2, 0.25) is 0 Å². The molecule has 2 aromatic heterocycles. The summed E-state index contributed by atoms with van der Waals surface area (Å²) in [5, 5.41) is 22.0. The molecule has 9 heteroatoms. The van der Waals surface area contributed by atoms with E-state index in [1.807, 2.05) is 31.2 Å². The molecule has 0 spiro atoms. The predicted octanol–water partition coefficient (Wildman–Crippen LogP) is 2.44. The standard InChI is InChI=1S/C17H18N6O3/c1-11-6-4-5-7-13(11)10-22-9-8-14(19-22)18-17(24)15-16(23(25)26)12(2)21(3)20-15/h4-9H,10H2,1-3H3,(H,18,19,24). The second-order valence-electron chi connectivity index (χ2n) is 5.94. The topological polar surface area (TPSA) is 108 Å². The molecule has 9 nitrogen and oxygen atoms in total.